The largest absolute Gasteiger partial charge is 0.481 e. The summed E-state index contributed by atoms with van der Waals surface area (Å²) in [5.74, 6) is -2.36. The van der Waals surface area contributed by atoms with Crippen molar-refractivity contribution in [2.24, 2.45) is 0 Å². The van der Waals surface area contributed by atoms with Gasteiger partial charge in [-0.05, 0) is 42.4 Å². The molecule has 1 rings (SSSR count). The zero-order valence-corrected chi connectivity index (χ0v) is 12.6. The molecule has 0 saturated carbocycles. The number of halogens is 1. The van der Waals surface area contributed by atoms with E-state index in [0.717, 1.165) is 16.2 Å². The maximum Gasteiger partial charge on any atom is 0.326 e. The Morgan fingerprint density at radius 3 is 2.30 bits per heavy atom. The first kappa shape index (κ1) is 16.5. The zero-order chi connectivity index (χ0) is 15.1. The summed E-state index contributed by atoms with van der Waals surface area (Å²) >= 11 is 4.11. The molecule has 0 spiro atoms. The molecule has 8 heteroatoms. The third-order valence-corrected chi connectivity index (χ3v) is 3.60. The number of carbonyl (C=O) groups is 3. The normalized spacial score (nSPS) is 11.7. The molecule has 0 saturated heterocycles. The van der Waals surface area contributed by atoms with Crippen molar-refractivity contribution in [2.45, 2.75) is 23.8 Å². The lowest BCUT2D eigenvalue weighted by Gasteiger charge is -2.12. The lowest BCUT2D eigenvalue weighted by atomic mass is 10.1. The van der Waals surface area contributed by atoms with E-state index in [-0.39, 0.29) is 12.8 Å². The van der Waals surface area contributed by atoms with Gasteiger partial charge in [-0.2, -0.15) is 0 Å². The first-order valence-electron chi connectivity index (χ1n) is 5.57. The number of aliphatic carboxylic acids is 2. The molecule has 1 amide bonds. The van der Waals surface area contributed by atoms with Crippen LogP contribution in [-0.4, -0.2) is 33.4 Å². The summed E-state index contributed by atoms with van der Waals surface area (Å²) in [4.78, 5) is 33.7. The average Bonchev–Trinajstić information content (AvgIpc) is 2.36. The van der Waals surface area contributed by atoms with Gasteiger partial charge in [0.2, 0.25) is 0 Å². The molecular weight excluding hydrogens is 350 g/mol. The molecule has 0 unspecified atom stereocenters. The lowest BCUT2D eigenvalue weighted by Crippen LogP contribution is -2.39. The van der Waals surface area contributed by atoms with Crippen LogP contribution in [0.25, 0.3) is 0 Å². The van der Waals surface area contributed by atoms with Crippen LogP contribution in [0.2, 0.25) is 0 Å². The van der Waals surface area contributed by atoms with Gasteiger partial charge in [-0.15, -0.1) is 0 Å². The van der Waals surface area contributed by atoms with E-state index in [2.05, 4.69) is 21.2 Å². The van der Waals surface area contributed by atoms with Crippen molar-refractivity contribution in [3.05, 3.63) is 28.7 Å². The van der Waals surface area contributed by atoms with Crippen molar-refractivity contribution < 1.29 is 24.6 Å². The number of hydrogen-bond donors (Lipinski definition) is 3. The Labute approximate surface area is 127 Å². The number of amides is 1. The van der Waals surface area contributed by atoms with E-state index in [1.807, 2.05) is 0 Å². The molecular formula is C12H12BrNO5S. The Kier molecular flexibility index (Phi) is 6.53. The van der Waals surface area contributed by atoms with Crippen molar-refractivity contribution in [3.63, 3.8) is 0 Å². The van der Waals surface area contributed by atoms with Gasteiger partial charge >= 0.3 is 11.9 Å². The molecule has 0 radical (unpaired) electrons. The molecule has 1 atom stereocenters. The van der Waals surface area contributed by atoms with E-state index in [1.165, 1.54) is 0 Å². The topological polar surface area (TPSA) is 104 Å². The molecule has 0 aliphatic rings. The maximum absolute atomic E-state index is 11.7. The van der Waals surface area contributed by atoms with E-state index < -0.39 is 23.2 Å². The highest BCUT2D eigenvalue weighted by Gasteiger charge is 2.21. The van der Waals surface area contributed by atoms with Crippen LogP contribution < -0.4 is 5.32 Å². The highest BCUT2D eigenvalue weighted by molar-refractivity contribution is 9.10. The summed E-state index contributed by atoms with van der Waals surface area (Å²) in [5.41, 5.74) is 0. The minimum atomic E-state index is -1.25. The van der Waals surface area contributed by atoms with E-state index >= 15 is 0 Å². The van der Waals surface area contributed by atoms with E-state index in [1.54, 1.807) is 24.3 Å². The van der Waals surface area contributed by atoms with Gasteiger partial charge in [0.1, 0.15) is 6.04 Å². The van der Waals surface area contributed by atoms with Crippen LogP contribution in [0.4, 0.5) is 4.79 Å². The lowest BCUT2D eigenvalue weighted by molar-refractivity contribution is -0.140. The third kappa shape index (κ3) is 6.07. The van der Waals surface area contributed by atoms with Crippen molar-refractivity contribution in [1.29, 1.82) is 0 Å². The highest BCUT2D eigenvalue weighted by Crippen LogP contribution is 2.21. The molecule has 0 fully saturated rings. The van der Waals surface area contributed by atoms with Crippen molar-refractivity contribution in [3.8, 4) is 0 Å². The fourth-order valence-electron chi connectivity index (χ4n) is 1.31. The van der Waals surface area contributed by atoms with Gasteiger partial charge in [-0.3, -0.25) is 9.59 Å². The monoisotopic (exact) mass is 361 g/mol. The number of hydrogen-bond acceptors (Lipinski definition) is 4. The molecule has 0 aliphatic heterocycles. The Morgan fingerprint density at radius 1 is 1.20 bits per heavy atom. The molecule has 0 aromatic heterocycles. The Morgan fingerprint density at radius 2 is 1.80 bits per heavy atom. The van der Waals surface area contributed by atoms with Gasteiger partial charge in [0.15, 0.2) is 0 Å². The smallest absolute Gasteiger partial charge is 0.326 e. The number of thioether (sulfide) groups is 1. The quantitative estimate of drug-likeness (QED) is 0.672. The second-order valence-corrected chi connectivity index (χ2v) is 5.77. The van der Waals surface area contributed by atoms with E-state index in [0.29, 0.717) is 4.90 Å². The molecule has 3 N–H and O–H groups in total. The van der Waals surface area contributed by atoms with Gasteiger partial charge in [0.25, 0.3) is 5.24 Å². The average molecular weight is 362 g/mol. The molecule has 0 heterocycles. The van der Waals surface area contributed by atoms with Crippen LogP contribution in [0.15, 0.2) is 33.6 Å². The van der Waals surface area contributed by atoms with Crippen LogP contribution in [-0.2, 0) is 9.59 Å². The fraction of sp³-hybridized carbons (Fsp3) is 0.250. The summed E-state index contributed by atoms with van der Waals surface area (Å²) in [6.45, 7) is 0. The second-order valence-electron chi connectivity index (χ2n) is 3.81. The molecule has 6 nitrogen and oxygen atoms in total. The standard InChI is InChI=1S/C12H12BrNO5S/c13-7-1-3-8(4-2-7)20-12(19)14-9(11(17)18)5-6-10(15)16/h1-4,9H,5-6H2,(H,14,19)(H,15,16)(H,17,18)/t9-/m0/s1. The van der Waals surface area contributed by atoms with E-state index in [4.69, 9.17) is 10.2 Å². The number of benzene rings is 1. The minimum Gasteiger partial charge on any atom is -0.481 e. The summed E-state index contributed by atoms with van der Waals surface area (Å²) < 4.78 is 0.868. The number of rotatable bonds is 6. The summed E-state index contributed by atoms with van der Waals surface area (Å²) in [7, 11) is 0. The van der Waals surface area contributed by atoms with Gasteiger partial charge in [-0.25, -0.2) is 4.79 Å². The summed E-state index contributed by atoms with van der Waals surface area (Å²) in [6.07, 6.45) is -0.475. The molecule has 0 bridgehead atoms. The molecule has 108 valence electrons. The van der Waals surface area contributed by atoms with Crippen LogP contribution in [0, 0.1) is 0 Å². The first-order chi connectivity index (χ1) is 9.38. The molecule has 1 aromatic rings. The van der Waals surface area contributed by atoms with Crippen LogP contribution in [0.1, 0.15) is 12.8 Å². The van der Waals surface area contributed by atoms with Gasteiger partial charge in [0, 0.05) is 15.8 Å². The number of carboxylic acids is 2. The SMILES string of the molecule is O=C(O)CC[C@H](NC(=O)Sc1ccc(Br)cc1)C(=O)O. The van der Waals surface area contributed by atoms with Crippen LogP contribution in [0.5, 0.6) is 0 Å². The summed E-state index contributed by atoms with van der Waals surface area (Å²) in [5, 5.41) is 19.2. The molecule has 1 aromatic carbocycles. The van der Waals surface area contributed by atoms with Gasteiger partial charge in [-0.1, -0.05) is 15.9 Å². The van der Waals surface area contributed by atoms with Crippen LogP contribution >= 0.6 is 27.7 Å². The first-order valence-corrected chi connectivity index (χ1v) is 7.18. The number of carboxylic acid groups (broad SMARTS) is 2. The van der Waals surface area contributed by atoms with Crippen molar-refractivity contribution in [2.75, 3.05) is 0 Å². The van der Waals surface area contributed by atoms with Crippen molar-refractivity contribution in [1.82, 2.24) is 5.32 Å². The summed E-state index contributed by atoms with van der Waals surface area (Å²) in [6, 6.07) is 5.73. The fourth-order valence-corrected chi connectivity index (χ4v) is 2.26. The zero-order valence-electron chi connectivity index (χ0n) is 10.2. The molecule has 0 aliphatic carbocycles. The molecule has 20 heavy (non-hydrogen) atoms. The van der Waals surface area contributed by atoms with Gasteiger partial charge in [0.05, 0.1) is 0 Å². The second kappa shape index (κ2) is 7.91. The number of carbonyl (C=O) groups excluding carboxylic acids is 1. The van der Waals surface area contributed by atoms with Crippen LogP contribution in [0.3, 0.4) is 0 Å². The number of nitrogens with one attached hydrogen (secondary N) is 1. The predicted molar refractivity (Wildman–Crippen MR) is 76.8 cm³/mol. The van der Waals surface area contributed by atoms with E-state index in [9.17, 15) is 14.4 Å². The minimum absolute atomic E-state index is 0.155. The van der Waals surface area contributed by atoms with Gasteiger partial charge < -0.3 is 15.5 Å². The predicted octanol–water partition coefficient (Wildman–Crippen LogP) is 2.57. The maximum atomic E-state index is 11.7. The highest BCUT2D eigenvalue weighted by atomic mass is 79.9. The van der Waals surface area contributed by atoms with Crippen molar-refractivity contribution >= 4 is 44.9 Å². The Balaban J connectivity index is 2.55. The Bertz CT molecular complexity index is 505. The Hall–Kier alpha value is -1.54. The third-order valence-electron chi connectivity index (χ3n) is 2.26.